The van der Waals surface area contributed by atoms with Gasteiger partial charge in [0.05, 0.1) is 18.2 Å². The maximum atomic E-state index is 14.8. The summed E-state index contributed by atoms with van der Waals surface area (Å²) in [4.78, 5) is 32.9. The highest BCUT2D eigenvalue weighted by Gasteiger charge is 2.41. The Morgan fingerprint density at radius 3 is 2.79 bits per heavy atom. The zero-order valence-corrected chi connectivity index (χ0v) is 16.4. The van der Waals surface area contributed by atoms with Crippen LogP contribution in [0.25, 0.3) is 0 Å². The Labute approximate surface area is 168 Å². The maximum Gasteiger partial charge on any atom is 0.270 e. The van der Waals surface area contributed by atoms with Crippen molar-refractivity contribution in [3.8, 4) is 6.07 Å². The number of aryl methyl sites for hydroxylation is 1. The van der Waals surface area contributed by atoms with E-state index in [1.54, 1.807) is 38.6 Å². The molecular formula is C21H22FN5O2. The number of rotatable bonds is 3. The molecule has 4 rings (SSSR count). The minimum Gasteiger partial charge on any atom is -0.334 e. The van der Waals surface area contributed by atoms with Gasteiger partial charge in [-0.05, 0) is 42.5 Å². The third kappa shape index (κ3) is 3.16. The molecule has 7 nitrogen and oxygen atoms in total. The van der Waals surface area contributed by atoms with Crippen LogP contribution in [0.4, 0.5) is 4.39 Å². The summed E-state index contributed by atoms with van der Waals surface area (Å²) in [5, 5.41) is 9.07. The zero-order chi connectivity index (χ0) is 20.7. The molecule has 8 heteroatoms. The molecule has 0 spiro atoms. The van der Waals surface area contributed by atoms with E-state index in [1.807, 2.05) is 6.07 Å². The molecule has 1 aliphatic carbocycles. The number of likely N-dealkylation sites (tertiary alicyclic amines) is 1. The van der Waals surface area contributed by atoms with Gasteiger partial charge in [-0.25, -0.2) is 4.39 Å². The smallest absolute Gasteiger partial charge is 0.270 e. The summed E-state index contributed by atoms with van der Waals surface area (Å²) in [6.07, 6.45) is 4.74. The van der Waals surface area contributed by atoms with E-state index in [9.17, 15) is 14.0 Å². The van der Waals surface area contributed by atoms with E-state index in [2.05, 4.69) is 4.98 Å². The topological polar surface area (TPSA) is 82.2 Å². The van der Waals surface area contributed by atoms with E-state index in [0.717, 1.165) is 30.4 Å². The number of fused-ring (bicyclic) bond motifs is 1. The van der Waals surface area contributed by atoms with Crippen molar-refractivity contribution in [2.75, 3.05) is 20.1 Å². The lowest BCUT2D eigenvalue weighted by atomic mass is 10.0. The lowest BCUT2D eigenvalue weighted by Gasteiger charge is -2.26. The van der Waals surface area contributed by atoms with Crippen LogP contribution < -0.4 is 0 Å². The molecule has 0 saturated carbocycles. The van der Waals surface area contributed by atoms with Crippen molar-refractivity contribution in [3.05, 3.63) is 52.6 Å². The van der Waals surface area contributed by atoms with E-state index in [1.165, 1.54) is 14.4 Å². The number of nitrogens with zero attached hydrogens (tertiary/aromatic N) is 5. The highest BCUT2D eigenvalue weighted by Crippen LogP contribution is 2.27. The number of carbonyl (C=O) groups is 2. The summed E-state index contributed by atoms with van der Waals surface area (Å²) in [6, 6.07) is 4.41. The quantitative estimate of drug-likeness (QED) is 0.792. The number of hydrogen-bond acceptors (Lipinski definition) is 4. The fourth-order valence-electron chi connectivity index (χ4n) is 4.30. The van der Waals surface area contributed by atoms with E-state index in [0.29, 0.717) is 17.0 Å². The van der Waals surface area contributed by atoms with Crippen LogP contribution in [0.2, 0.25) is 0 Å². The molecule has 2 unspecified atom stereocenters. The maximum absolute atomic E-state index is 14.8. The number of halogens is 1. The number of alkyl halides is 1. The molecule has 29 heavy (non-hydrogen) atoms. The summed E-state index contributed by atoms with van der Waals surface area (Å²) in [7, 11) is 3.21. The Morgan fingerprint density at radius 1 is 1.28 bits per heavy atom. The predicted molar refractivity (Wildman–Crippen MR) is 103 cm³/mol. The fourth-order valence-corrected chi connectivity index (χ4v) is 4.30. The second-order valence-electron chi connectivity index (χ2n) is 7.66. The van der Waals surface area contributed by atoms with Crippen LogP contribution in [0.15, 0.2) is 24.5 Å². The Hall–Kier alpha value is -3.21. The number of hydrogen-bond donors (Lipinski definition) is 0. The Morgan fingerprint density at radius 2 is 2.07 bits per heavy atom. The molecule has 2 aromatic heterocycles. The first-order valence-electron chi connectivity index (χ1n) is 9.64. The number of amides is 2. The van der Waals surface area contributed by atoms with Crippen molar-refractivity contribution in [2.45, 2.75) is 31.5 Å². The molecule has 0 bridgehead atoms. The number of aromatic nitrogens is 2. The number of likely N-dealkylation sites (N-methyl/N-ethyl adjacent to an activating group) is 1. The van der Waals surface area contributed by atoms with Crippen LogP contribution in [0, 0.1) is 11.3 Å². The van der Waals surface area contributed by atoms with Gasteiger partial charge >= 0.3 is 0 Å². The Kier molecular flexibility index (Phi) is 4.82. The van der Waals surface area contributed by atoms with Gasteiger partial charge in [-0.15, -0.1) is 0 Å². The van der Waals surface area contributed by atoms with Crippen molar-refractivity contribution in [1.29, 1.82) is 5.26 Å². The molecule has 0 aromatic carbocycles. The molecule has 150 valence electrons. The third-order valence-corrected chi connectivity index (χ3v) is 6.03. The van der Waals surface area contributed by atoms with Crippen LogP contribution >= 0.6 is 0 Å². The van der Waals surface area contributed by atoms with Crippen LogP contribution in [-0.2, 0) is 19.9 Å². The largest absolute Gasteiger partial charge is 0.334 e. The van der Waals surface area contributed by atoms with Crippen LogP contribution in [-0.4, -0.2) is 63.5 Å². The van der Waals surface area contributed by atoms with Gasteiger partial charge in [-0.3, -0.25) is 14.6 Å². The molecule has 3 heterocycles. The molecule has 2 aromatic rings. The van der Waals surface area contributed by atoms with Crippen LogP contribution in [0.5, 0.6) is 0 Å². The number of nitriles is 1. The highest BCUT2D eigenvalue weighted by atomic mass is 19.1. The van der Waals surface area contributed by atoms with Crippen molar-refractivity contribution in [1.82, 2.24) is 19.4 Å². The normalized spacial score (nSPS) is 20.4. The van der Waals surface area contributed by atoms with Gasteiger partial charge < -0.3 is 14.4 Å². The lowest BCUT2D eigenvalue weighted by molar-refractivity contribution is 0.0668. The average Bonchev–Trinajstić information content (AvgIpc) is 3.44. The minimum atomic E-state index is -1.34. The van der Waals surface area contributed by atoms with Gasteiger partial charge in [-0.2, -0.15) is 5.26 Å². The summed E-state index contributed by atoms with van der Waals surface area (Å²) in [5.41, 5.74) is 3.31. The molecule has 1 saturated heterocycles. The van der Waals surface area contributed by atoms with Gasteiger partial charge in [0.2, 0.25) is 0 Å². The number of carbonyl (C=O) groups excluding carboxylic acids is 2. The predicted octanol–water partition coefficient (Wildman–Crippen LogP) is 1.72. The second kappa shape index (κ2) is 7.32. The zero-order valence-electron chi connectivity index (χ0n) is 16.4. The van der Waals surface area contributed by atoms with Crippen molar-refractivity contribution in [2.24, 2.45) is 7.05 Å². The van der Waals surface area contributed by atoms with Crippen LogP contribution in [0.1, 0.15) is 44.1 Å². The molecule has 2 amide bonds. The van der Waals surface area contributed by atoms with Gasteiger partial charge in [0.1, 0.15) is 23.6 Å². The molecule has 2 aliphatic rings. The monoisotopic (exact) mass is 395 g/mol. The van der Waals surface area contributed by atoms with Crippen molar-refractivity contribution < 1.29 is 14.0 Å². The van der Waals surface area contributed by atoms with Gasteiger partial charge in [-0.1, -0.05) is 0 Å². The minimum absolute atomic E-state index is 0.0840. The van der Waals surface area contributed by atoms with Crippen molar-refractivity contribution in [3.63, 3.8) is 0 Å². The molecule has 0 N–H and O–H groups in total. The SMILES string of the molecule is CN(C(=O)c1cncc2c1CCC2)C1CN(C(=O)c2ccc(C#N)n2C)CC1F. The third-order valence-electron chi connectivity index (χ3n) is 6.03. The highest BCUT2D eigenvalue weighted by molar-refractivity contribution is 5.96. The lowest BCUT2D eigenvalue weighted by Crippen LogP contribution is -2.43. The first-order valence-corrected chi connectivity index (χ1v) is 9.64. The number of pyridine rings is 1. The molecule has 2 atom stereocenters. The van der Waals surface area contributed by atoms with E-state index in [-0.39, 0.29) is 24.9 Å². The Balaban J connectivity index is 1.52. The molecule has 1 aliphatic heterocycles. The molecule has 0 radical (unpaired) electrons. The van der Waals surface area contributed by atoms with Gasteiger partial charge in [0.25, 0.3) is 11.8 Å². The van der Waals surface area contributed by atoms with Crippen LogP contribution in [0.3, 0.4) is 0 Å². The average molecular weight is 395 g/mol. The standard InChI is InChI=1S/C21H22FN5O2/c1-25-14(8-23)6-7-18(25)21(29)27-11-17(22)19(12-27)26(2)20(28)16-10-24-9-13-4-3-5-15(13)16/h6-7,9-10,17,19H,3-5,11-12H2,1-2H3. The Bertz CT molecular complexity index is 1020. The summed E-state index contributed by atoms with van der Waals surface area (Å²) >= 11 is 0. The summed E-state index contributed by atoms with van der Waals surface area (Å²) in [6.45, 7) is 0.0249. The molecular weight excluding hydrogens is 373 g/mol. The first kappa shape index (κ1) is 19.1. The van der Waals surface area contributed by atoms with E-state index < -0.39 is 12.2 Å². The second-order valence-corrected chi connectivity index (χ2v) is 7.66. The summed E-state index contributed by atoms with van der Waals surface area (Å²) in [5.74, 6) is -0.605. The fraction of sp³-hybridized carbons (Fsp3) is 0.429. The van der Waals surface area contributed by atoms with Gasteiger partial charge in [0, 0.05) is 33.0 Å². The van der Waals surface area contributed by atoms with Gasteiger partial charge in [0.15, 0.2) is 0 Å². The first-order chi connectivity index (χ1) is 13.9. The van der Waals surface area contributed by atoms with E-state index in [4.69, 9.17) is 5.26 Å². The van der Waals surface area contributed by atoms with Crippen molar-refractivity contribution >= 4 is 11.8 Å². The summed E-state index contributed by atoms with van der Waals surface area (Å²) < 4.78 is 16.3. The van der Waals surface area contributed by atoms with E-state index >= 15 is 0 Å². The molecule has 1 fully saturated rings.